The van der Waals surface area contributed by atoms with Crippen LogP contribution in [0.5, 0.6) is 0 Å². The molecule has 0 atom stereocenters. The van der Waals surface area contributed by atoms with Crippen LogP contribution in [0, 0.1) is 5.82 Å². The van der Waals surface area contributed by atoms with E-state index in [4.69, 9.17) is 0 Å². The molecule has 0 radical (unpaired) electrons. The number of rotatable bonds is 2. The molecule has 0 unspecified atom stereocenters. The van der Waals surface area contributed by atoms with Gasteiger partial charge in [-0.3, -0.25) is 0 Å². The van der Waals surface area contributed by atoms with Crippen molar-refractivity contribution in [1.29, 1.82) is 0 Å². The molecule has 6 nitrogen and oxygen atoms in total. The van der Waals surface area contributed by atoms with E-state index >= 15 is 0 Å². The summed E-state index contributed by atoms with van der Waals surface area (Å²) in [6.07, 6.45) is -4.57. The van der Waals surface area contributed by atoms with Crippen LogP contribution >= 0.6 is 0 Å². The minimum absolute atomic E-state index is 0.0266. The van der Waals surface area contributed by atoms with Gasteiger partial charge in [0.05, 0.1) is 6.54 Å². The van der Waals surface area contributed by atoms with Crippen LogP contribution in [0.15, 0.2) is 24.3 Å². The zero-order valence-electron chi connectivity index (χ0n) is 12.3. The molecule has 1 aromatic carbocycles. The van der Waals surface area contributed by atoms with E-state index in [2.05, 4.69) is 15.5 Å². The van der Waals surface area contributed by atoms with Gasteiger partial charge < -0.3 is 14.8 Å². The van der Waals surface area contributed by atoms with Gasteiger partial charge in [0.25, 0.3) is 0 Å². The Labute approximate surface area is 134 Å². The highest BCUT2D eigenvalue weighted by atomic mass is 19.4. The van der Waals surface area contributed by atoms with Crippen LogP contribution in [0.4, 0.5) is 22.4 Å². The van der Waals surface area contributed by atoms with E-state index in [-0.39, 0.29) is 37.8 Å². The topological polar surface area (TPSA) is 63.1 Å². The van der Waals surface area contributed by atoms with Gasteiger partial charge >= 0.3 is 12.2 Å². The van der Waals surface area contributed by atoms with Crippen molar-refractivity contribution in [3.05, 3.63) is 47.3 Å². The van der Waals surface area contributed by atoms with E-state index in [0.29, 0.717) is 5.56 Å². The van der Waals surface area contributed by atoms with Gasteiger partial charge in [0.1, 0.15) is 5.82 Å². The van der Waals surface area contributed by atoms with Crippen LogP contribution < -0.4 is 5.32 Å². The number of nitrogens with one attached hydrogen (secondary N) is 1. The van der Waals surface area contributed by atoms with Crippen LogP contribution in [0.2, 0.25) is 0 Å². The van der Waals surface area contributed by atoms with Gasteiger partial charge in [-0.05, 0) is 17.7 Å². The van der Waals surface area contributed by atoms with Crippen molar-refractivity contribution in [3.63, 3.8) is 0 Å². The average molecular weight is 343 g/mol. The van der Waals surface area contributed by atoms with E-state index in [1.807, 2.05) is 0 Å². The largest absolute Gasteiger partial charge is 0.451 e. The third kappa shape index (κ3) is 3.31. The number of urea groups is 1. The van der Waals surface area contributed by atoms with Crippen molar-refractivity contribution in [3.8, 4) is 0 Å². The fourth-order valence-corrected chi connectivity index (χ4v) is 2.43. The second kappa shape index (κ2) is 6.10. The Bertz CT molecular complexity index is 741. The lowest BCUT2D eigenvalue weighted by Gasteiger charge is -2.28. The SMILES string of the molecule is O=C(NCc1ccc(F)cc1)N1CCn2c(nnc2C(F)(F)F)C1. The van der Waals surface area contributed by atoms with Crippen molar-refractivity contribution < 1.29 is 22.4 Å². The summed E-state index contributed by atoms with van der Waals surface area (Å²) in [6, 6.07) is 5.21. The van der Waals surface area contributed by atoms with Crippen LogP contribution in [-0.4, -0.2) is 32.2 Å². The lowest BCUT2D eigenvalue weighted by atomic mass is 10.2. The third-order valence-electron chi connectivity index (χ3n) is 3.65. The lowest BCUT2D eigenvalue weighted by Crippen LogP contribution is -2.44. The molecule has 24 heavy (non-hydrogen) atoms. The zero-order chi connectivity index (χ0) is 17.3. The molecule has 0 saturated carbocycles. The number of alkyl halides is 3. The Kier molecular flexibility index (Phi) is 4.12. The number of carbonyl (C=O) groups is 1. The first-order valence-corrected chi connectivity index (χ1v) is 7.11. The number of aromatic nitrogens is 3. The fourth-order valence-electron chi connectivity index (χ4n) is 2.43. The minimum atomic E-state index is -4.57. The summed E-state index contributed by atoms with van der Waals surface area (Å²) in [7, 11) is 0. The van der Waals surface area contributed by atoms with Crippen molar-refractivity contribution in [2.24, 2.45) is 0 Å². The molecule has 0 spiro atoms. The summed E-state index contributed by atoms with van der Waals surface area (Å²) in [5.41, 5.74) is 0.712. The second-order valence-corrected chi connectivity index (χ2v) is 5.30. The second-order valence-electron chi connectivity index (χ2n) is 5.30. The molecule has 0 bridgehead atoms. The predicted molar refractivity (Wildman–Crippen MR) is 74.1 cm³/mol. The molecule has 128 valence electrons. The number of fused-ring (bicyclic) bond motifs is 1. The first kappa shape index (κ1) is 16.2. The van der Waals surface area contributed by atoms with E-state index in [9.17, 15) is 22.4 Å². The molecule has 1 aliphatic heterocycles. The van der Waals surface area contributed by atoms with E-state index in [0.717, 1.165) is 4.57 Å². The maximum Gasteiger partial charge on any atom is 0.451 e. The summed E-state index contributed by atoms with van der Waals surface area (Å²) in [6.45, 7) is 0.221. The van der Waals surface area contributed by atoms with Crippen molar-refractivity contribution in [1.82, 2.24) is 25.0 Å². The molecule has 1 aromatic heterocycles. The number of nitrogens with zero attached hydrogens (tertiary/aromatic N) is 4. The number of benzene rings is 1. The molecule has 2 amide bonds. The predicted octanol–water partition coefficient (Wildman–Crippen LogP) is 2.16. The Morgan fingerprint density at radius 2 is 1.88 bits per heavy atom. The number of amides is 2. The van der Waals surface area contributed by atoms with Gasteiger partial charge in [-0.1, -0.05) is 12.1 Å². The molecular formula is C14H13F4N5O. The first-order valence-electron chi connectivity index (χ1n) is 7.11. The summed E-state index contributed by atoms with van der Waals surface area (Å²) < 4.78 is 52.1. The Morgan fingerprint density at radius 1 is 1.17 bits per heavy atom. The lowest BCUT2D eigenvalue weighted by molar-refractivity contribution is -0.147. The average Bonchev–Trinajstić information content (AvgIpc) is 2.97. The number of hydrogen-bond acceptors (Lipinski definition) is 3. The van der Waals surface area contributed by atoms with Crippen molar-refractivity contribution in [2.75, 3.05) is 6.54 Å². The third-order valence-corrected chi connectivity index (χ3v) is 3.65. The highest BCUT2D eigenvalue weighted by Gasteiger charge is 2.39. The van der Waals surface area contributed by atoms with Gasteiger partial charge in [0.2, 0.25) is 5.82 Å². The quantitative estimate of drug-likeness (QED) is 0.850. The normalized spacial score (nSPS) is 14.4. The van der Waals surface area contributed by atoms with Crippen LogP contribution in [-0.2, 0) is 25.8 Å². The molecule has 0 fully saturated rings. The fraction of sp³-hybridized carbons (Fsp3) is 0.357. The molecule has 10 heteroatoms. The van der Waals surface area contributed by atoms with Gasteiger partial charge in [-0.2, -0.15) is 13.2 Å². The summed E-state index contributed by atoms with van der Waals surface area (Å²) in [5.74, 6) is -1.34. The molecule has 1 N–H and O–H groups in total. The maximum absolute atomic E-state index is 12.8. The standard InChI is InChI=1S/C14H13F4N5O/c15-10-3-1-9(2-4-10)7-19-13(24)22-5-6-23-11(8-22)20-21-12(23)14(16,17)18/h1-4H,5-8H2,(H,19,24). The molecule has 3 rings (SSSR count). The first-order chi connectivity index (χ1) is 11.3. The molecule has 2 aromatic rings. The maximum atomic E-state index is 12.8. The van der Waals surface area contributed by atoms with Crippen molar-refractivity contribution >= 4 is 6.03 Å². The molecule has 0 aliphatic carbocycles. The van der Waals surface area contributed by atoms with Gasteiger partial charge in [0, 0.05) is 19.6 Å². The summed E-state index contributed by atoms with van der Waals surface area (Å²) in [4.78, 5) is 13.5. The van der Waals surface area contributed by atoms with E-state index < -0.39 is 18.0 Å². The smallest absolute Gasteiger partial charge is 0.334 e. The Balaban J connectivity index is 1.62. The Hall–Kier alpha value is -2.65. The van der Waals surface area contributed by atoms with E-state index in [1.165, 1.54) is 29.2 Å². The van der Waals surface area contributed by atoms with Gasteiger partial charge in [0.15, 0.2) is 5.82 Å². The van der Waals surface area contributed by atoms with Crippen LogP contribution in [0.1, 0.15) is 17.2 Å². The van der Waals surface area contributed by atoms with Crippen molar-refractivity contribution in [2.45, 2.75) is 25.8 Å². The molecule has 0 saturated heterocycles. The highest BCUT2D eigenvalue weighted by Crippen LogP contribution is 2.29. The van der Waals surface area contributed by atoms with Gasteiger partial charge in [-0.25, -0.2) is 9.18 Å². The Morgan fingerprint density at radius 3 is 2.54 bits per heavy atom. The molecule has 1 aliphatic rings. The number of hydrogen-bond donors (Lipinski definition) is 1. The zero-order valence-corrected chi connectivity index (χ0v) is 12.3. The summed E-state index contributed by atoms with van der Waals surface area (Å²) >= 11 is 0. The minimum Gasteiger partial charge on any atom is -0.334 e. The van der Waals surface area contributed by atoms with Crippen LogP contribution in [0.25, 0.3) is 0 Å². The molecule has 2 heterocycles. The van der Waals surface area contributed by atoms with E-state index in [1.54, 1.807) is 0 Å². The van der Waals surface area contributed by atoms with Crippen LogP contribution in [0.3, 0.4) is 0 Å². The summed E-state index contributed by atoms with van der Waals surface area (Å²) in [5, 5.41) is 9.31. The highest BCUT2D eigenvalue weighted by molar-refractivity contribution is 5.74. The number of halogens is 4. The monoisotopic (exact) mass is 343 g/mol. The number of carbonyl (C=O) groups excluding carboxylic acids is 1. The molecular weight excluding hydrogens is 330 g/mol. The van der Waals surface area contributed by atoms with Gasteiger partial charge in [-0.15, -0.1) is 10.2 Å².